The van der Waals surface area contributed by atoms with Gasteiger partial charge >= 0.3 is 0 Å². The van der Waals surface area contributed by atoms with Crippen molar-refractivity contribution >= 4 is 29.1 Å². The Labute approximate surface area is 254 Å². The number of carbonyl (C=O) groups is 3. The van der Waals surface area contributed by atoms with Gasteiger partial charge in [-0.15, -0.1) is 6.42 Å². The number of amides is 3. The third-order valence-corrected chi connectivity index (χ3v) is 7.73. The Kier molecular flexibility index (Phi) is 11.4. The van der Waals surface area contributed by atoms with Crippen molar-refractivity contribution in [2.24, 2.45) is 0 Å². The fourth-order valence-electron chi connectivity index (χ4n) is 5.45. The van der Waals surface area contributed by atoms with E-state index in [9.17, 15) is 14.4 Å². The summed E-state index contributed by atoms with van der Waals surface area (Å²) in [6.45, 7) is 8.16. The Morgan fingerprint density at radius 2 is 1.88 bits per heavy atom. The molecule has 226 valence electrons. The summed E-state index contributed by atoms with van der Waals surface area (Å²) in [5.41, 5.74) is 4.51. The van der Waals surface area contributed by atoms with Crippen LogP contribution in [0.4, 0.5) is 11.4 Å². The first-order chi connectivity index (χ1) is 20.9. The number of nitrogens with zero attached hydrogens (tertiary/aromatic N) is 2. The van der Waals surface area contributed by atoms with Crippen molar-refractivity contribution in [2.45, 2.75) is 58.8 Å². The van der Waals surface area contributed by atoms with Crippen LogP contribution in [-0.2, 0) is 11.2 Å². The summed E-state index contributed by atoms with van der Waals surface area (Å²) in [4.78, 5) is 42.1. The number of para-hydroxylation sites is 1. The highest BCUT2D eigenvalue weighted by Gasteiger charge is 2.20. The van der Waals surface area contributed by atoms with Crippen LogP contribution in [0.3, 0.4) is 0 Å². The smallest absolute Gasteiger partial charge is 0.291 e. The molecule has 1 saturated heterocycles. The minimum atomic E-state index is -0.427. The van der Waals surface area contributed by atoms with E-state index in [1.807, 2.05) is 11.0 Å². The van der Waals surface area contributed by atoms with Crippen LogP contribution in [0.15, 0.2) is 59.0 Å². The first-order valence-corrected chi connectivity index (χ1v) is 15.3. The average Bonchev–Trinajstić information content (AvgIpc) is 3.66. The number of likely N-dealkylation sites (tertiary alicyclic amines) is 1. The zero-order valence-electron chi connectivity index (χ0n) is 25.3. The van der Waals surface area contributed by atoms with Gasteiger partial charge in [0.15, 0.2) is 11.5 Å². The number of aryl methyl sites for hydroxylation is 2. The van der Waals surface area contributed by atoms with E-state index in [0.29, 0.717) is 37.2 Å². The van der Waals surface area contributed by atoms with Crippen LogP contribution in [-0.4, -0.2) is 55.3 Å². The van der Waals surface area contributed by atoms with Gasteiger partial charge in [0.25, 0.3) is 11.8 Å². The molecule has 1 aromatic heterocycles. The lowest BCUT2D eigenvalue weighted by molar-refractivity contribution is -0.127. The molecule has 0 unspecified atom stereocenters. The number of terminal acetylenes is 1. The number of nitrogens with one attached hydrogen (secondary N) is 2. The van der Waals surface area contributed by atoms with Gasteiger partial charge in [0.05, 0.1) is 0 Å². The molecule has 2 N–H and O–H groups in total. The van der Waals surface area contributed by atoms with Crippen LogP contribution in [0.25, 0.3) is 0 Å². The van der Waals surface area contributed by atoms with E-state index in [0.717, 1.165) is 57.3 Å². The second kappa shape index (κ2) is 15.6. The van der Waals surface area contributed by atoms with E-state index in [1.165, 1.54) is 11.3 Å². The van der Waals surface area contributed by atoms with Crippen LogP contribution >= 0.6 is 0 Å². The van der Waals surface area contributed by atoms with E-state index < -0.39 is 5.91 Å². The largest absolute Gasteiger partial charge is 0.443 e. The lowest BCUT2D eigenvalue weighted by Gasteiger charge is -2.26. The van der Waals surface area contributed by atoms with E-state index >= 15 is 0 Å². The number of anilines is 2. The van der Waals surface area contributed by atoms with Crippen LogP contribution < -0.4 is 15.5 Å². The SMILES string of the molecule is C#Cc1ccc(C(=O)Nc2cc(C(=O)NCCCN3CCCC3=O)ccc2CCCCN(CCC)c2ccccc2C)o1. The number of furan rings is 1. The molecule has 0 spiro atoms. The average molecular weight is 583 g/mol. The number of rotatable bonds is 15. The standard InChI is InChI=1S/C35H42N4O4/c1-4-21-38(31-14-7-6-12-26(31)3)22-9-8-13-27-16-17-28(34(41)36-20-11-24-39-23-10-15-33(39)40)25-30(27)37-35(42)32-19-18-29(5-2)43-32/h2,6-7,12,14,16-19,25H,4,8-11,13,15,20-24H2,1,3H3,(H,36,41)(H,37,42). The van der Waals surface area contributed by atoms with Gasteiger partial charge < -0.3 is 24.9 Å². The highest BCUT2D eigenvalue weighted by Crippen LogP contribution is 2.24. The molecule has 0 bridgehead atoms. The molecule has 8 heteroatoms. The highest BCUT2D eigenvalue weighted by molar-refractivity contribution is 6.04. The number of hydrogen-bond donors (Lipinski definition) is 2. The third-order valence-electron chi connectivity index (χ3n) is 7.73. The second-order valence-corrected chi connectivity index (χ2v) is 11.0. The number of hydrogen-bond acceptors (Lipinski definition) is 5. The molecular weight excluding hydrogens is 540 g/mol. The monoisotopic (exact) mass is 582 g/mol. The molecule has 0 radical (unpaired) electrons. The van der Waals surface area contributed by atoms with Gasteiger partial charge in [-0.2, -0.15) is 0 Å². The predicted octanol–water partition coefficient (Wildman–Crippen LogP) is 5.80. The molecule has 0 atom stereocenters. The topological polar surface area (TPSA) is 94.9 Å². The van der Waals surface area contributed by atoms with Crippen molar-refractivity contribution in [2.75, 3.05) is 42.9 Å². The molecular formula is C35H42N4O4. The van der Waals surface area contributed by atoms with Gasteiger partial charge in [-0.3, -0.25) is 14.4 Å². The third kappa shape index (κ3) is 8.74. The second-order valence-electron chi connectivity index (χ2n) is 11.0. The molecule has 1 aliphatic rings. The summed E-state index contributed by atoms with van der Waals surface area (Å²) in [5, 5.41) is 5.88. The number of carbonyl (C=O) groups excluding carboxylic acids is 3. The summed E-state index contributed by atoms with van der Waals surface area (Å²) in [6.07, 6.45) is 11.3. The fourth-order valence-corrected chi connectivity index (χ4v) is 5.45. The molecule has 43 heavy (non-hydrogen) atoms. The maximum Gasteiger partial charge on any atom is 0.291 e. The van der Waals surface area contributed by atoms with Crippen LogP contribution in [0.1, 0.15) is 83.2 Å². The molecule has 2 heterocycles. The lowest BCUT2D eigenvalue weighted by atomic mass is 10.0. The van der Waals surface area contributed by atoms with E-state index in [2.05, 4.69) is 59.6 Å². The van der Waals surface area contributed by atoms with Crippen molar-refractivity contribution < 1.29 is 18.8 Å². The highest BCUT2D eigenvalue weighted by atomic mass is 16.3. The molecule has 8 nitrogen and oxygen atoms in total. The molecule has 3 amide bonds. The Morgan fingerprint density at radius 1 is 1.05 bits per heavy atom. The molecule has 0 aliphatic carbocycles. The zero-order chi connectivity index (χ0) is 30.6. The minimum Gasteiger partial charge on any atom is -0.443 e. The first-order valence-electron chi connectivity index (χ1n) is 15.3. The Hall–Kier alpha value is -4.51. The summed E-state index contributed by atoms with van der Waals surface area (Å²) < 4.78 is 5.44. The van der Waals surface area contributed by atoms with Gasteiger partial charge in [-0.25, -0.2) is 0 Å². The maximum atomic E-state index is 13.0. The lowest BCUT2D eigenvalue weighted by Crippen LogP contribution is -2.30. The van der Waals surface area contributed by atoms with Crippen LogP contribution in [0.2, 0.25) is 0 Å². The van der Waals surface area contributed by atoms with Gasteiger partial charge in [-0.05, 0) is 92.8 Å². The predicted molar refractivity (Wildman–Crippen MR) is 170 cm³/mol. The van der Waals surface area contributed by atoms with Crippen LogP contribution in [0.5, 0.6) is 0 Å². The van der Waals surface area contributed by atoms with E-state index in [1.54, 1.807) is 24.3 Å². The number of unbranched alkanes of at least 4 members (excludes halogenated alkanes) is 1. The summed E-state index contributed by atoms with van der Waals surface area (Å²) in [5.74, 6) is 2.30. The molecule has 2 aromatic carbocycles. The van der Waals surface area contributed by atoms with E-state index in [-0.39, 0.29) is 23.3 Å². The molecule has 3 aromatic rings. The quantitative estimate of drug-likeness (QED) is 0.174. The van der Waals surface area contributed by atoms with Crippen molar-refractivity contribution in [1.29, 1.82) is 0 Å². The van der Waals surface area contributed by atoms with Gasteiger partial charge in [0.2, 0.25) is 5.91 Å². The van der Waals surface area contributed by atoms with Crippen molar-refractivity contribution in [3.05, 3.63) is 82.8 Å². The molecule has 0 saturated carbocycles. The Balaban J connectivity index is 1.40. The minimum absolute atomic E-state index is 0.110. The van der Waals surface area contributed by atoms with Crippen molar-refractivity contribution in [1.82, 2.24) is 10.2 Å². The van der Waals surface area contributed by atoms with Crippen LogP contribution in [0, 0.1) is 19.3 Å². The zero-order valence-corrected chi connectivity index (χ0v) is 25.3. The first kappa shape index (κ1) is 31.4. The summed E-state index contributed by atoms with van der Waals surface area (Å²) in [7, 11) is 0. The molecule has 1 aliphatic heterocycles. The Bertz CT molecular complexity index is 1450. The maximum absolute atomic E-state index is 13.0. The Morgan fingerprint density at radius 3 is 2.60 bits per heavy atom. The van der Waals surface area contributed by atoms with Gasteiger partial charge in [0.1, 0.15) is 0 Å². The van der Waals surface area contributed by atoms with Crippen molar-refractivity contribution in [3.8, 4) is 12.3 Å². The van der Waals surface area contributed by atoms with Crippen molar-refractivity contribution in [3.63, 3.8) is 0 Å². The molecule has 4 rings (SSSR count). The fraction of sp³-hybridized carbons (Fsp3) is 0.400. The molecule has 1 fully saturated rings. The van der Waals surface area contributed by atoms with Gasteiger partial charge in [-0.1, -0.05) is 31.2 Å². The van der Waals surface area contributed by atoms with E-state index in [4.69, 9.17) is 10.8 Å². The summed E-state index contributed by atoms with van der Waals surface area (Å²) >= 11 is 0. The normalized spacial score (nSPS) is 12.7. The number of benzene rings is 2. The van der Waals surface area contributed by atoms with Gasteiger partial charge in [0, 0.05) is 56.1 Å². The summed E-state index contributed by atoms with van der Waals surface area (Å²) in [6, 6.07) is 17.0.